The van der Waals surface area contributed by atoms with Gasteiger partial charge in [-0.25, -0.2) is 0 Å². The maximum Gasteiger partial charge on any atom is 0.186 e. The topological polar surface area (TPSA) is 149 Å². The quantitative estimate of drug-likeness (QED) is 0.396. The summed E-state index contributed by atoms with van der Waals surface area (Å²) in [6.07, 6.45) is -6.44. The lowest BCUT2D eigenvalue weighted by atomic mass is 9.94. The van der Waals surface area contributed by atoms with Crippen LogP contribution in [0.1, 0.15) is 17.2 Å². The zero-order valence-electron chi connectivity index (χ0n) is 15.3. The maximum absolute atomic E-state index is 10.2. The monoisotopic (exact) mass is 406 g/mol. The molecule has 2 heterocycles. The molecule has 1 saturated heterocycles. The molecular weight excluding hydrogens is 384 g/mol. The number of phenols is 3. The molecule has 0 saturated carbocycles. The standard InChI is InChI=1S/C20H22O9/c21-11-3-1-9-6-16(29-20-18(26)17(25)14(24)8-27-20)19(28-15(9)7-11)10-2-4-12(22)13(23)5-10/h1-5,7,14,16-26H,6,8H2/t14?,16-,17+,18-,19+,20-/m0/s1. The Morgan fingerprint density at radius 2 is 1.69 bits per heavy atom. The van der Waals surface area contributed by atoms with Crippen molar-refractivity contribution in [3.05, 3.63) is 47.5 Å². The van der Waals surface area contributed by atoms with Crippen LogP contribution in [0.25, 0.3) is 0 Å². The first-order valence-corrected chi connectivity index (χ1v) is 9.15. The Balaban J connectivity index is 1.64. The summed E-state index contributed by atoms with van der Waals surface area (Å²) in [5.74, 6) is -0.163. The summed E-state index contributed by atoms with van der Waals surface area (Å²) in [6.45, 7) is -0.203. The highest BCUT2D eigenvalue weighted by Gasteiger charge is 2.42. The molecule has 2 aromatic carbocycles. The molecule has 0 aromatic heterocycles. The number of ether oxygens (including phenoxy) is 3. The average Bonchev–Trinajstić information content (AvgIpc) is 2.70. The summed E-state index contributed by atoms with van der Waals surface area (Å²) in [6, 6.07) is 8.86. The van der Waals surface area contributed by atoms with Gasteiger partial charge in [0.1, 0.15) is 35.9 Å². The van der Waals surface area contributed by atoms with Crippen molar-refractivity contribution in [3.63, 3.8) is 0 Å². The largest absolute Gasteiger partial charge is 0.508 e. The Morgan fingerprint density at radius 3 is 2.45 bits per heavy atom. The van der Waals surface area contributed by atoms with Gasteiger partial charge < -0.3 is 44.8 Å². The van der Waals surface area contributed by atoms with Crippen molar-refractivity contribution in [3.8, 4) is 23.0 Å². The Hall–Kier alpha value is -2.56. The normalized spacial score (nSPS) is 31.7. The molecule has 4 rings (SSSR count). The average molecular weight is 406 g/mol. The zero-order valence-corrected chi connectivity index (χ0v) is 15.3. The van der Waals surface area contributed by atoms with E-state index in [1.54, 1.807) is 12.1 Å². The van der Waals surface area contributed by atoms with Crippen LogP contribution in [0.4, 0.5) is 0 Å². The van der Waals surface area contributed by atoms with E-state index >= 15 is 0 Å². The van der Waals surface area contributed by atoms with Gasteiger partial charge in [-0.05, 0) is 29.3 Å². The molecular formula is C20H22O9. The molecule has 0 amide bonds. The van der Waals surface area contributed by atoms with Gasteiger partial charge in [0.05, 0.1) is 6.61 Å². The van der Waals surface area contributed by atoms with Gasteiger partial charge in [0, 0.05) is 12.5 Å². The molecule has 29 heavy (non-hydrogen) atoms. The van der Waals surface area contributed by atoms with Gasteiger partial charge in [0.25, 0.3) is 0 Å². The summed E-state index contributed by atoms with van der Waals surface area (Å²) >= 11 is 0. The first-order chi connectivity index (χ1) is 13.8. The van der Waals surface area contributed by atoms with Gasteiger partial charge in [-0.1, -0.05) is 12.1 Å². The summed E-state index contributed by atoms with van der Waals surface area (Å²) < 4.78 is 17.3. The minimum atomic E-state index is -1.46. The summed E-state index contributed by atoms with van der Waals surface area (Å²) in [5, 5.41) is 58.9. The number of phenolic OH excluding ortho intramolecular Hbond substituents is 3. The van der Waals surface area contributed by atoms with E-state index in [-0.39, 0.29) is 23.9 Å². The van der Waals surface area contributed by atoms with Crippen LogP contribution in [0.15, 0.2) is 36.4 Å². The predicted octanol–water partition coefficient (Wildman–Crippen LogP) is 0.304. The first-order valence-electron chi connectivity index (χ1n) is 9.15. The highest BCUT2D eigenvalue weighted by Crippen LogP contribution is 2.41. The lowest BCUT2D eigenvalue weighted by Gasteiger charge is -2.40. The predicted molar refractivity (Wildman–Crippen MR) is 97.6 cm³/mol. The van der Waals surface area contributed by atoms with Gasteiger partial charge in [-0.3, -0.25) is 0 Å². The van der Waals surface area contributed by atoms with E-state index in [1.807, 2.05) is 0 Å². The minimum Gasteiger partial charge on any atom is -0.508 e. The van der Waals surface area contributed by atoms with Crippen molar-refractivity contribution >= 4 is 0 Å². The van der Waals surface area contributed by atoms with Crippen LogP contribution in [-0.2, 0) is 15.9 Å². The number of hydrogen-bond donors (Lipinski definition) is 6. The van der Waals surface area contributed by atoms with Crippen molar-refractivity contribution in [2.24, 2.45) is 0 Å². The highest BCUT2D eigenvalue weighted by molar-refractivity contribution is 5.45. The molecule has 2 aliphatic rings. The molecule has 6 N–H and O–H groups in total. The lowest BCUT2D eigenvalue weighted by molar-refractivity contribution is -0.290. The molecule has 6 atom stereocenters. The second-order valence-corrected chi connectivity index (χ2v) is 7.21. The number of rotatable bonds is 3. The molecule has 9 nitrogen and oxygen atoms in total. The third-order valence-corrected chi connectivity index (χ3v) is 5.15. The molecule has 156 valence electrons. The van der Waals surface area contributed by atoms with Crippen molar-refractivity contribution in [2.45, 2.75) is 43.2 Å². The molecule has 2 aliphatic heterocycles. The van der Waals surface area contributed by atoms with Crippen molar-refractivity contribution in [2.75, 3.05) is 6.61 Å². The number of aromatic hydroxyl groups is 3. The van der Waals surface area contributed by atoms with Gasteiger partial charge in [-0.2, -0.15) is 0 Å². The number of aliphatic hydroxyl groups is 3. The SMILES string of the molecule is Oc1ccc2c(c1)O[C@H](c1ccc(O)c(O)c1)[C@@H](O[C@@H]1OCC(O)[C@@H](O)[C@@H]1O)C2. The van der Waals surface area contributed by atoms with Gasteiger partial charge in [0.2, 0.25) is 0 Å². The van der Waals surface area contributed by atoms with E-state index in [0.717, 1.165) is 5.56 Å². The van der Waals surface area contributed by atoms with Crippen molar-refractivity contribution < 1.29 is 44.8 Å². The third kappa shape index (κ3) is 3.83. The van der Waals surface area contributed by atoms with Crippen LogP contribution in [0.3, 0.4) is 0 Å². The third-order valence-electron chi connectivity index (χ3n) is 5.15. The Kier molecular flexibility index (Phi) is 5.24. The summed E-state index contributed by atoms with van der Waals surface area (Å²) in [5.41, 5.74) is 1.24. The molecule has 9 heteroatoms. The molecule has 1 unspecified atom stereocenters. The molecule has 0 radical (unpaired) electrons. The van der Waals surface area contributed by atoms with E-state index < -0.39 is 36.8 Å². The second-order valence-electron chi connectivity index (χ2n) is 7.21. The molecule has 0 aliphatic carbocycles. The highest BCUT2D eigenvalue weighted by atomic mass is 16.7. The van der Waals surface area contributed by atoms with Crippen LogP contribution >= 0.6 is 0 Å². The number of hydrogen-bond acceptors (Lipinski definition) is 9. The van der Waals surface area contributed by atoms with Crippen LogP contribution < -0.4 is 4.74 Å². The van der Waals surface area contributed by atoms with E-state index in [0.29, 0.717) is 17.7 Å². The van der Waals surface area contributed by atoms with Crippen LogP contribution in [0.5, 0.6) is 23.0 Å². The van der Waals surface area contributed by atoms with Crippen molar-refractivity contribution in [1.82, 2.24) is 0 Å². The van der Waals surface area contributed by atoms with E-state index in [9.17, 15) is 30.6 Å². The molecule has 1 fully saturated rings. The van der Waals surface area contributed by atoms with E-state index in [4.69, 9.17) is 14.2 Å². The fourth-order valence-electron chi connectivity index (χ4n) is 3.55. The fourth-order valence-corrected chi connectivity index (χ4v) is 3.55. The molecule has 0 spiro atoms. The Labute approximate surface area is 166 Å². The number of fused-ring (bicyclic) bond motifs is 1. The smallest absolute Gasteiger partial charge is 0.186 e. The summed E-state index contributed by atoms with van der Waals surface area (Å²) in [7, 11) is 0. The summed E-state index contributed by atoms with van der Waals surface area (Å²) in [4.78, 5) is 0. The van der Waals surface area contributed by atoms with Gasteiger partial charge in [-0.15, -0.1) is 0 Å². The van der Waals surface area contributed by atoms with E-state index in [2.05, 4.69) is 0 Å². The molecule has 0 bridgehead atoms. The van der Waals surface area contributed by atoms with Gasteiger partial charge in [0.15, 0.2) is 23.9 Å². The van der Waals surface area contributed by atoms with Crippen LogP contribution in [0.2, 0.25) is 0 Å². The molecule has 2 aromatic rings. The number of aliphatic hydroxyl groups excluding tert-OH is 3. The maximum atomic E-state index is 10.2. The Morgan fingerprint density at radius 1 is 0.897 bits per heavy atom. The zero-order chi connectivity index (χ0) is 20.7. The van der Waals surface area contributed by atoms with E-state index in [1.165, 1.54) is 24.3 Å². The Bertz CT molecular complexity index is 886. The fraction of sp³-hybridized carbons (Fsp3) is 0.400. The van der Waals surface area contributed by atoms with Gasteiger partial charge >= 0.3 is 0 Å². The number of benzene rings is 2. The van der Waals surface area contributed by atoms with Crippen molar-refractivity contribution in [1.29, 1.82) is 0 Å². The van der Waals surface area contributed by atoms with Crippen LogP contribution in [0, 0.1) is 0 Å². The lowest BCUT2D eigenvalue weighted by Crippen LogP contribution is -2.55. The second kappa shape index (κ2) is 7.69. The van der Waals surface area contributed by atoms with Crippen LogP contribution in [-0.4, -0.2) is 68.0 Å². The first kappa shape index (κ1) is 19.7. The minimum absolute atomic E-state index is 0.0265.